The van der Waals surface area contributed by atoms with Gasteiger partial charge in [-0.05, 0) is 18.7 Å². The van der Waals surface area contributed by atoms with Crippen molar-refractivity contribution in [2.45, 2.75) is 6.54 Å². The van der Waals surface area contributed by atoms with Crippen molar-refractivity contribution in [3.05, 3.63) is 33.9 Å². The van der Waals surface area contributed by atoms with E-state index >= 15 is 0 Å². The Bertz CT molecular complexity index is 477. The van der Waals surface area contributed by atoms with E-state index in [0.29, 0.717) is 17.8 Å². The number of hydrogen-bond donors (Lipinski definition) is 3. The first-order valence-electron chi connectivity index (χ1n) is 5.61. The summed E-state index contributed by atoms with van der Waals surface area (Å²) in [5.74, 6) is 5.23. The van der Waals surface area contributed by atoms with Gasteiger partial charge in [0, 0.05) is 25.7 Å². The van der Waals surface area contributed by atoms with Gasteiger partial charge in [-0.25, -0.2) is 0 Å². The van der Waals surface area contributed by atoms with Crippen LogP contribution in [0.3, 0.4) is 0 Å². The molecule has 0 radical (unpaired) electrons. The Morgan fingerprint density at radius 1 is 1.53 bits per heavy atom. The number of nitrogen functional groups attached to an aromatic ring is 1. The van der Waals surface area contributed by atoms with Gasteiger partial charge in [0.1, 0.15) is 0 Å². The van der Waals surface area contributed by atoms with Crippen molar-refractivity contribution < 1.29 is 9.72 Å². The lowest BCUT2D eigenvalue weighted by Gasteiger charge is -2.17. The number of nitro groups is 1. The van der Waals surface area contributed by atoms with E-state index in [1.165, 1.54) is 12.1 Å². The molecule has 1 aromatic rings. The highest BCUT2D eigenvalue weighted by molar-refractivity contribution is 5.77. The first kappa shape index (κ1) is 14.9. The van der Waals surface area contributed by atoms with Crippen molar-refractivity contribution in [2.75, 3.05) is 26.1 Å². The summed E-state index contributed by atoms with van der Waals surface area (Å²) in [6.45, 7) is 0.567. The fourth-order valence-corrected chi connectivity index (χ4v) is 1.64. The zero-order chi connectivity index (χ0) is 14.4. The van der Waals surface area contributed by atoms with Crippen LogP contribution in [0.15, 0.2) is 18.2 Å². The van der Waals surface area contributed by atoms with Gasteiger partial charge in [0.05, 0.1) is 17.2 Å². The molecule has 0 saturated carbocycles. The predicted molar refractivity (Wildman–Crippen MR) is 71.3 cm³/mol. The SMILES string of the molecule is CNC(=O)CN(C)Cc1cc([N+](=O)[O-])ccc1NN. The molecule has 1 aromatic carbocycles. The highest BCUT2D eigenvalue weighted by Crippen LogP contribution is 2.22. The summed E-state index contributed by atoms with van der Waals surface area (Å²) in [6.07, 6.45) is 0. The summed E-state index contributed by atoms with van der Waals surface area (Å²) in [5.41, 5.74) is 3.72. The third-order valence-electron chi connectivity index (χ3n) is 2.59. The lowest BCUT2D eigenvalue weighted by Crippen LogP contribution is -2.32. The molecule has 0 aromatic heterocycles. The number of likely N-dealkylation sites (N-methyl/N-ethyl adjacent to an activating group) is 2. The second-order valence-corrected chi connectivity index (χ2v) is 4.09. The monoisotopic (exact) mass is 267 g/mol. The maximum atomic E-state index is 11.2. The molecule has 8 nitrogen and oxygen atoms in total. The van der Waals surface area contributed by atoms with Gasteiger partial charge in [-0.1, -0.05) is 0 Å². The standard InChI is InChI=1S/C11H17N5O3/c1-13-11(17)7-15(2)6-8-5-9(16(18)19)3-4-10(8)14-12/h3-5,14H,6-7,12H2,1-2H3,(H,13,17). The summed E-state index contributed by atoms with van der Waals surface area (Å²) in [7, 11) is 3.30. The van der Waals surface area contributed by atoms with Gasteiger partial charge < -0.3 is 10.7 Å². The highest BCUT2D eigenvalue weighted by atomic mass is 16.6. The van der Waals surface area contributed by atoms with E-state index in [4.69, 9.17) is 5.84 Å². The molecule has 0 heterocycles. The number of hydrazine groups is 1. The summed E-state index contributed by atoms with van der Waals surface area (Å²) in [6, 6.07) is 4.36. The molecule has 1 amide bonds. The van der Waals surface area contributed by atoms with Crippen molar-refractivity contribution in [1.29, 1.82) is 0 Å². The number of rotatable bonds is 6. The molecule has 0 atom stereocenters. The van der Waals surface area contributed by atoms with Crippen LogP contribution in [0.1, 0.15) is 5.56 Å². The number of non-ortho nitro benzene ring substituents is 1. The fourth-order valence-electron chi connectivity index (χ4n) is 1.64. The van der Waals surface area contributed by atoms with Crippen LogP contribution in [-0.2, 0) is 11.3 Å². The quantitative estimate of drug-likeness (QED) is 0.381. The van der Waals surface area contributed by atoms with Crippen LogP contribution in [0.4, 0.5) is 11.4 Å². The predicted octanol–water partition coefficient (Wildman–Crippen LogP) is 0.0582. The number of carbonyl (C=O) groups is 1. The molecule has 0 aliphatic heterocycles. The number of carbonyl (C=O) groups excluding carboxylic acids is 1. The Kier molecular flexibility index (Phi) is 5.22. The van der Waals surface area contributed by atoms with Crippen molar-refractivity contribution in [1.82, 2.24) is 10.2 Å². The van der Waals surface area contributed by atoms with Gasteiger partial charge in [0.15, 0.2) is 0 Å². The van der Waals surface area contributed by atoms with Crippen molar-refractivity contribution in [3.8, 4) is 0 Å². The van der Waals surface area contributed by atoms with Crippen LogP contribution >= 0.6 is 0 Å². The van der Waals surface area contributed by atoms with Gasteiger partial charge in [-0.3, -0.25) is 25.7 Å². The van der Waals surface area contributed by atoms with Crippen LogP contribution in [0, 0.1) is 10.1 Å². The van der Waals surface area contributed by atoms with Gasteiger partial charge in [-0.15, -0.1) is 0 Å². The molecule has 8 heteroatoms. The van der Waals surface area contributed by atoms with Gasteiger partial charge in [0.25, 0.3) is 5.69 Å². The molecule has 0 aliphatic rings. The van der Waals surface area contributed by atoms with Crippen LogP contribution < -0.4 is 16.6 Å². The van der Waals surface area contributed by atoms with E-state index in [0.717, 1.165) is 0 Å². The smallest absolute Gasteiger partial charge is 0.269 e. The lowest BCUT2D eigenvalue weighted by atomic mass is 10.1. The summed E-state index contributed by atoms with van der Waals surface area (Å²) < 4.78 is 0. The Morgan fingerprint density at radius 2 is 2.21 bits per heavy atom. The molecular formula is C11H17N5O3. The molecule has 0 aliphatic carbocycles. The molecule has 1 rings (SSSR count). The number of nitrogens with two attached hydrogens (primary N) is 1. The Balaban J connectivity index is 2.88. The average molecular weight is 267 g/mol. The molecule has 4 N–H and O–H groups in total. The number of nitro benzene ring substituents is 1. The Morgan fingerprint density at radius 3 is 2.74 bits per heavy atom. The molecule has 0 unspecified atom stereocenters. The number of benzene rings is 1. The Labute approximate surface area is 110 Å². The van der Waals surface area contributed by atoms with Crippen molar-refractivity contribution in [3.63, 3.8) is 0 Å². The first-order valence-corrected chi connectivity index (χ1v) is 5.61. The van der Waals surface area contributed by atoms with Gasteiger partial charge in [-0.2, -0.15) is 0 Å². The minimum Gasteiger partial charge on any atom is -0.358 e. The van der Waals surface area contributed by atoms with E-state index < -0.39 is 4.92 Å². The van der Waals surface area contributed by atoms with E-state index in [2.05, 4.69) is 10.7 Å². The number of anilines is 1. The molecule has 19 heavy (non-hydrogen) atoms. The zero-order valence-corrected chi connectivity index (χ0v) is 10.8. The zero-order valence-electron chi connectivity index (χ0n) is 10.8. The summed E-state index contributed by atoms with van der Waals surface area (Å²) in [4.78, 5) is 23.2. The third kappa shape index (κ3) is 4.19. The van der Waals surface area contributed by atoms with Crippen LogP contribution in [0.2, 0.25) is 0 Å². The molecule has 104 valence electrons. The first-order chi connectivity index (χ1) is 8.97. The van der Waals surface area contributed by atoms with Crippen LogP contribution in [-0.4, -0.2) is 36.4 Å². The summed E-state index contributed by atoms with van der Waals surface area (Å²) >= 11 is 0. The minimum absolute atomic E-state index is 0.0117. The fraction of sp³-hybridized carbons (Fsp3) is 0.364. The molecule has 0 fully saturated rings. The topological polar surface area (TPSA) is 114 Å². The van der Waals surface area contributed by atoms with E-state index in [-0.39, 0.29) is 18.1 Å². The second kappa shape index (κ2) is 6.66. The molecular weight excluding hydrogens is 250 g/mol. The largest absolute Gasteiger partial charge is 0.358 e. The number of nitrogens with zero attached hydrogens (tertiary/aromatic N) is 2. The van der Waals surface area contributed by atoms with Crippen LogP contribution in [0.25, 0.3) is 0 Å². The minimum atomic E-state index is -0.470. The normalized spacial score (nSPS) is 10.3. The Hall–Kier alpha value is -2.19. The molecule has 0 spiro atoms. The van der Waals surface area contributed by atoms with Crippen LogP contribution in [0.5, 0.6) is 0 Å². The molecule has 0 bridgehead atoms. The lowest BCUT2D eigenvalue weighted by molar-refractivity contribution is -0.384. The van der Waals surface area contributed by atoms with E-state index in [9.17, 15) is 14.9 Å². The third-order valence-corrected chi connectivity index (χ3v) is 2.59. The van der Waals surface area contributed by atoms with Crippen molar-refractivity contribution >= 4 is 17.3 Å². The number of hydrogen-bond acceptors (Lipinski definition) is 6. The van der Waals surface area contributed by atoms with Crippen molar-refractivity contribution in [2.24, 2.45) is 5.84 Å². The maximum absolute atomic E-state index is 11.2. The van der Waals surface area contributed by atoms with Gasteiger partial charge in [0.2, 0.25) is 5.91 Å². The van der Waals surface area contributed by atoms with E-state index in [1.54, 1.807) is 25.1 Å². The van der Waals surface area contributed by atoms with E-state index in [1.807, 2.05) is 0 Å². The molecule has 0 saturated heterocycles. The number of nitrogens with one attached hydrogen (secondary N) is 2. The highest BCUT2D eigenvalue weighted by Gasteiger charge is 2.13. The second-order valence-electron chi connectivity index (χ2n) is 4.09. The maximum Gasteiger partial charge on any atom is 0.269 e. The number of amides is 1. The van der Waals surface area contributed by atoms with Gasteiger partial charge >= 0.3 is 0 Å². The summed E-state index contributed by atoms with van der Waals surface area (Å²) in [5, 5.41) is 13.2. The average Bonchev–Trinajstić information content (AvgIpc) is 2.38.